The second-order valence-electron chi connectivity index (χ2n) is 6.18. The van der Waals surface area contributed by atoms with Gasteiger partial charge in [-0.15, -0.1) is 0 Å². The third kappa shape index (κ3) is 2.07. The molecule has 1 saturated carbocycles. The van der Waals surface area contributed by atoms with E-state index in [1.165, 1.54) is 29.7 Å². The molecular formula is C17H23N. The average molecular weight is 241 g/mol. The highest BCUT2D eigenvalue weighted by Gasteiger charge is 2.38. The molecule has 1 aromatic carbocycles. The van der Waals surface area contributed by atoms with Crippen LogP contribution >= 0.6 is 0 Å². The third-order valence-electron chi connectivity index (χ3n) is 4.87. The summed E-state index contributed by atoms with van der Waals surface area (Å²) in [5.74, 6) is 2.51. The predicted octanol–water partition coefficient (Wildman–Crippen LogP) is 4.32. The van der Waals surface area contributed by atoms with Gasteiger partial charge in [-0.3, -0.25) is 0 Å². The van der Waals surface area contributed by atoms with E-state index in [9.17, 15) is 0 Å². The van der Waals surface area contributed by atoms with E-state index in [-0.39, 0.29) is 0 Å². The summed E-state index contributed by atoms with van der Waals surface area (Å²) in [5.41, 5.74) is 4.02. The molecule has 4 atom stereocenters. The largest absolute Gasteiger partial charge is 0.382 e. The van der Waals surface area contributed by atoms with Crippen molar-refractivity contribution in [2.24, 2.45) is 17.8 Å². The second kappa shape index (κ2) is 4.46. The van der Waals surface area contributed by atoms with Crippen molar-refractivity contribution in [2.75, 3.05) is 5.32 Å². The van der Waals surface area contributed by atoms with Gasteiger partial charge in [0.2, 0.25) is 0 Å². The Bertz CT molecular complexity index is 474. The molecule has 4 unspecified atom stereocenters. The van der Waals surface area contributed by atoms with Gasteiger partial charge in [-0.1, -0.05) is 18.2 Å². The van der Waals surface area contributed by atoms with Crippen molar-refractivity contribution in [1.29, 1.82) is 0 Å². The highest BCUT2D eigenvalue weighted by atomic mass is 14.9. The van der Waals surface area contributed by atoms with Crippen LogP contribution in [0.2, 0.25) is 0 Å². The lowest BCUT2D eigenvalue weighted by Crippen LogP contribution is -2.28. The molecule has 1 N–H and O–H groups in total. The molecule has 0 aromatic heterocycles. The van der Waals surface area contributed by atoms with Crippen molar-refractivity contribution in [2.45, 2.75) is 39.7 Å². The first-order chi connectivity index (χ1) is 8.63. The molecule has 0 saturated heterocycles. The molecular weight excluding hydrogens is 218 g/mol. The van der Waals surface area contributed by atoms with Crippen LogP contribution in [0.3, 0.4) is 0 Å². The molecule has 96 valence electrons. The van der Waals surface area contributed by atoms with E-state index >= 15 is 0 Å². The monoisotopic (exact) mass is 241 g/mol. The number of rotatable bonds is 3. The number of benzene rings is 1. The normalized spacial score (nSPS) is 30.7. The molecule has 18 heavy (non-hydrogen) atoms. The molecule has 1 nitrogen and oxygen atoms in total. The Balaban J connectivity index is 1.69. The fourth-order valence-corrected chi connectivity index (χ4v) is 3.60. The summed E-state index contributed by atoms with van der Waals surface area (Å²) in [4.78, 5) is 0. The van der Waals surface area contributed by atoms with Gasteiger partial charge in [-0.25, -0.2) is 0 Å². The molecule has 1 heteroatoms. The molecule has 2 aliphatic carbocycles. The Morgan fingerprint density at radius 3 is 2.56 bits per heavy atom. The third-order valence-corrected chi connectivity index (χ3v) is 4.87. The number of fused-ring (bicyclic) bond motifs is 2. The maximum atomic E-state index is 3.70. The lowest BCUT2D eigenvalue weighted by atomic mass is 9.87. The minimum absolute atomic E-state index is 0.576. The quantitative estimate of drug-likeness (QED) is 0.777. The van der Waals surface area contributed by atoms with E-state index in [0.29, 0.717) is 6.04 Å². The lowest BCUT2D eigenvalue weighted by molar-refractivity contribution is 0.400. The molecule has 0 heterocycles. The number of allylic oxidation sites excluding steroid dienone is 2. The van der Waals surface area contributed by atoms with Crippen LogP contribution in [-0.4, -0.2) is 6.04 Å². The van der Waals surface area contributed by atoms with Gasteiger partial charge in [0, 0.05) is 11.7 Å². The van der Waals surface area contributed by atoms with Gasteiger partial charge in [0.25, 0.3) is 0 Å². The molecule has 0 aliphatic heterocycles. The molecule has 0 radical (unpaired) electrons. The summed E-state index contributed by atoms with van der Waals surface area (Å²) in [6.45, 7) is 6.70. The van der Waals surface area contributed by atoms with E-state index in [1.807, 2.05) is 0 Å². The molecule has 1 fully saturated rings. The van der Waals surface area contributed by atoms with Crippen LogP contribution in [0.1, 0.15) is 30.9 Å². The highest BCUT2D eigenvalue weighted by molar-refractivity contribution is 5.48. The standard InChI is InChI=1S/C17H23N/c1-11-4-7-16(8-12(11)2)18-13(3)17-10-14-5-6-15(17)9-14/h4-8,13-15,17-18H,9-10H2,1-3H3. The summed E-state index contributed by atoms with van der Waals surface area (Å²) >= 11 is 0. The zero-order valence-corrected chi connectivity index (χ0v) is 11.6. The van der Waals surface area contributed by atoms with Crippen molar-refractivity contribution in [3.8, 4) is 0 Å². The molecule has 0 spiro atoms. The van der Waals surface area contributed by atoms with Crippen LogP contribution in [0.5, 0.6) is 0 Å². The van der Waals surface area contributed by atoms with E-state index in [0.717, 1.165) is 17.8 Å². The summed E-state index contributed by atoms with van der Waals surface area (Å²) in [5, 5.41) is 3.70. The van der Waals surface area contributed by atoms with Gasteiger partial charge in [0.15, 0.2) is 0 Å². The Morgan fingerprint density at radius 2 is 1.94 bits per heavy atom. The highest BCUT2D eigenvalue weighted by Crippen LogP contribution is 2.45. The summed E-state index contributed by atoms with van der Waals surface area (Å²) in [7, 11) is 0. The molecule has 0 amide bonds. The van der Waals surface area contributed by atoms with E-state index < -0.39 is 0 Å². The summed E-state index contributed by atoms with van der Waals surface area (Å²) in [6, 6.07) is 7.27. The predicted molar refractivity (Wildman–Crippen MR) is 77.8 cm³/mol. The minimum Gasteiger partial charge on any atom is -0.382 e. The van der Waals surface area contributed by atoms with Gasteiger partial charge >= 0.3 is 0 Å². The Hall–Kier alpha value is -1.24. The van der Waals surface area contributed by atoms with Gasteiger partial charge in [-0.05, 0) is 74.6 Å². The van der Waals surface area contributed by atoms with Crippen LogP contribution in [0.4, 0.5) is 5.69 Å². The summed E-state index contributed by atoms with van der Waals surface area (Å²) < 4.78 is 0. The van der Waals surface area contributed by atoms with Crippen LogP contribution in [0.15, 0.2) is 30.4 Å². The molecule has 3 rings (SSSR count). The molecule has 2 aliphatic rings. The first kappa shape index (κ1) is 11.8. The Morgan fingerprint density at radius 1 is 1.11 bits per heavy atom. The number of anilines is 1. The van der Waals surface area contributed by atoms with Crippen molar-refractivity contribution in [3.63, 3.8) is 0 Å². The second-order valence-corrected chi connectivity index (χ2v) is 6.18. The van der Waals surface area contributed by atoms with Crippen LogP contribution < -0.4 is 5.32 Å². The summed E-state index contributed by atoms with van der Waals surface area (Å²) in [6.07, 6.45) is 7.63. The minimum atomic E-state index is 0.576. The maximum absolute atomic E-state index is 3.70. The van der Waals surface area contributed by atoms with Crippen molar-refractivity contribution < 1.29 is 0 Å². The fraction of sp³-hybridized carbons (Fsp3) is 0.529. The topological polar surface area (TPSA) is 12.0 Å². The number of aryl methyl sites for hydroxylation is 2. The van der Waals surface area contributed by atoms with Gasteiger partial charge in [0.05, 0.1) is 0 Å². The van der Waals surface area contributed by atoms with Crippen molar-refractivity contribution >= 4 is 5.69 Å². The SMILES string of the molecule is Cc1ccc(NC(C)C2CC3C=CC2C3)cc1C. The van der Waals surface area contributed by atoms with Gasteiger partial charge in [0.1, 0.15) is 0 Å². The number of hydrogen-bond acceptors (Lipinski definition) is 1. The maximum Gasteiger partial charge on any atom is 0.0345 e. The van der Waals surface area contributed by atoms with E-state index in [1.54, 1.807) is 0 Å². The first-order valence-corrected chi connectivity index (χ1v) is 7.15. The van der Waals surface area contributed by atoms with E-state index in [2.05, 4.69) is 56.4 Å². The number of nitrogens with one attached hydrogen (secondary N) is 1. The lowest BCUT2D eigenvalue weighted by Gasteiger charge is -2.27. The van der Waals surface area contributed by atoms with Gasteiger partial charge in [-0.2, -0.15) is 0 Å². The molecule has 1 aromatic rings. The first-order valence-electron chi connectivity index (χ1n) is 7.15. The van der Waals surface area contributed by atoms with Crippen molar-refractivity contribution in [1.82, 2.24) is 0 Å². The Labute approximate surface area is 110 Å². The van der Waals surface area contributed by atoms with Crippen LogP contribution in [0.25, 0.3) is 0 Å². The van der Waals surface area contributed by atoms with Crippen molar-refractivity contribution in [3.05, 3.63) is 41.5 Å². The Kier molecular flexibility index (Phi) is 2.93. The smallest absolute Gasteiger partial charge is 0.0345 e. The fourth-order valence-electron chi connectivity index (χ4n) is 3.60. The zero-order chi connectivity index (χ0) is 12.7. The van der Waals surface area contributed by atoms with E-state index in [4.69, 9.17) is 0 Å². The number of hydrogen-bond donors (Lipinski definition) is 1. The average Bonchev–Trinajstić information content (AvgIpc) is 2.96. The zero-order valence-electron chi connectivity index (χ0n) is 11.6. The van der Waals surface area contributed by atoms with Crippen LogP contribution in [-0.2, 0) is 0 Å². The van der Waals surface area contributed by atoms with Gasteiger partial charge < -0.3 is 5.32 Å². The molecule has 2 bridgehead atoms. The van der Waals surface area contributed by atoms with Crippen LogP contribution in [0, 0.1) is 31.6 Å².